The number of aromatic nitrogens is 2. The molecule has 4 N–H and O–H groups in total. The van der Waals surface area contributed by atoms with Gasteiger partial charge >= 0.3 is 0 Å². The zero-order valence-corrected chi connectivity index (χ0v) is 8.34. The Morgan fingerprint density at radius 1 is 1.21 bits per heavy atom. The average Bonchev–Trinajstić information content (AvgIpc) is 2.15. The number of nitrogen functional groups attached to an aromatic ring is 2. The van der Waals surface area contributed by atoms with E-state index in [0.717, 1.165) is 0 Å². The molecule has 0 bridgehead atoms. The van der Waals surface area contributed by atoms with Crippen LogP contribution in [0, 0.1) is 6.92 Å². The minimum atomic E-state index is 0.356. The summed E-state index contributed by atoms with van der Waals surface area (Å²) in [6, 6.07) is 3.48. The van der Waals surface area contributed by atoms with Gasteiger partial charge in [-0.2, -0.15) is 0 Å². The highest BCUT2D eigenvalue weighted by molar-refractivity contribution is 6.30. The van der Waals surface area contributed by atoms with Crippen LogP contribution in [-0.2, 0) is 0 Å². The van der Waals surface area contributed by atoms with E-state index in [4.69, 9.17) is 23.1 Å². The first kappa shape index (κ1) is 9.02. The molecule has 0 unspecified atom stereocenters. The Hall–Kier alpha value is -1.55. The number of benzene rings is 1. The maximum absolute atomic E-state index is 5.84. The van der Waals surface area contributed by atoms with Crippen molar-refractivity contribution < 1.29 is 0 Å². The Morgan fingerprint density at radius 3 is 2.64 bits per heavy atom. The summed E-state index contributed by atoms with van der Waals surface area (Å²) in [4.78, 5) is 8.38. The first-order chi connectivity index (χ1) is 6.59. The Balaban J connectivity index is 2.89. The normalized spacial score (nSPS) is 10.7. The number of fused-ring (bicyclic) bond motifs is 1. The molecule has 0 radical (unpaired) electrons. The van der Waals surface area contributed by atoms with Crippen molar-refractivity contribution in [2.45, 2.75) is 6.92 Å². The number of nitrogens with two attached hydrogens (primary N) is 2. The van der Waals surface area contributed by atoms with Crippen LogP contribution >= 0.6 is 11.6 Å². The highest BCUT2D eigenvalue weighted by atomic mass is 35.5. The smallest absolute Gasteiger partial charge is 0.151 e. The van der Waals surface area contributed by atoms with Crippen molar-refractivity contribution in [3.63, 3.8) is 0 Å². The molecule has 72 valence electrons. The van der Waals surface area contributed by atoms with Gasteiger partial charge in [-0.15, -0.1) is 0 Å². The summed E-state index contributed by atoms with van der Waals surface area (Å²) in [5.74, 6) is 0. The summed E-state index contributed by atoms with van der Waals surface area (Å²) in [6.07, 6.45) is 0. The minimum absolute atomic E-state index is 0.356. The summed E-state index contributed by atoms with van der Waals surface area (Å²) in [5.41, 5.74) is 14.3. The fraction of sp³-hybridized carbons (Fsp3) is 0.111. The molecule has 0 saturated heterocycles. The molecule has 0 fully saturated rings. The third kappa shape index (κ3) is 1.24. The summed E-state index contributed by atoms with van der Waals surface area (Å²) < 4.78 is 0. The molecule has 0 aliphatic heterocycles. The number of hydrogen-bond donors (Lipinski definition) is 2. The third-order valence-corrected chi connectivity index (χ3v) is 2.38. The standard InChI is InChI=1S/C9H9ClN4/c1-4-9(10)14-8-6(13-4)3-2-5(11)7(8)12/h2-3H,11-12H2,1H3. The van der Waals surface area contributed by atoms with Crippen LogP contribution in [0.3, 0.4) is 0 Å². The number of rotatable bonds is 0. The summed E-state index contributed by atoms with van der Waals surface area (Å²) in [5, 5.41) is 0.356. The van der Waals surface area contributed by atoms with E-state index in [0.29, 0.717) is 33.3 Å². The lowest BCUT2D eigenvalue weighted by molar-refractivity contribution is 1.19. The van der Waals surface area contributed by atoms with E-state index in [1.165, 1.54) is 0 Å². The molecule has 1 aromatic heterocycles. The molecule has 2 aromatic rings. The molecule has 4 nitrogen and oxygen atoms in total. The topological polar surface area (TPSA) is 77.8 Å². The molecule has 0 aliphatic carbocycles. The maximum Gasteiger partial charge on any atom is 0.151 e. The Morgan fingerprint density at radius 2 is 1.93 bits per heavy atom. The Bertz CT molecular complexity index is 510. The quantitative estimate of drug-likeness (QED) is 0.647. The van der Waals surface area contributed by atoms with Crippen molar-refractivity contribution in [3.8, 4) is 0 Å². The molecule has 2 rings (SSSR count). The zero-order chi connectivity index (χ0) is 10.3. The molecule has 1 aromatic carbocycles. The molecule has 5 heteroatoms. The van der Waals surface area contributed by atoms with Gasteiger partial charge in [0.15, 0.2) is 5.15 Å². The predicted octanol–water partition coefficient (Wildman–Crippen LogP) is 1.76. The Kier molecular flexibility index (Phi) is 1.93. The molecule has 14 heavy (non-hydrogen) atoms. The van der Waals surface area contributed by atoms with Gasteiger partial charge in [0.05, 0.1) is 22.6 Å². The Labute approximate surface area is 85.9 Å². The number of halogens is 1. The van der Waals surface area contributed by atoms with Gasteiger partial charge in [0.1, 0.15) is 5.52 Å². The second-order valence-electron chi connectivity index (χ2n) is 3.04. The van der Waals surface area contributed by atoms with E-state index in [-0.39, 0.29) is 0 Å². The van der Waals surface area contributed by atoms with Crippen molar-refractivity contribution in [2.75, 3.05) is 11.5 Å². The molecule has 0 aliphatic rings. The van der Waals surface area contributed by atoms with E-state index in [1.54, 1.807) is 19.1 Å². The van der Waals surface area contributed by atoms with Gasteiger partial charge < -0.3 is 11.5 Å². The van der Waals surface area contributed by atoms with Gasteiger partial charge in [-0.1, -0.05) is 11.6 Å². The van der Waals surface area contributed by atoms with Crippen LogP contribution in [0.25, 0.3) is 11.0 Å². The molecule has 1 heterocycles. The molecule has 0 amide bonds. The third-order valence-electron chi connectivity index (χ3n) is 2.03. The zero-order valence-electron chi connectivity index (χ0n) is 7.58. The van der Waals surface area contributed by atoms with Gasteiger partial charge in [0.25, 0.3) is 0 Å². The van der Waals surface area contributed by atoms with Gasteiger partial charge in [-0.05, 0) is 19.1 Å². The summed E-state index contributed by atoms with van der Waals surface area (Å²) in [6.45, 7) is 1.79. The van der Waals surface area contributed by atoms with E-state index >= 15 is 0 Å². The highest BCUT2D eigenvalue weighted by Crippen LogP contribution is 2.25. The average molecular weight is 209 g/mol. The lowest BCUT2D eigenvalue weighted by atomic mass is 10.2. The largest absolute Gasteiger partial charge is 0.397 e. The SMILES string of the molecule is Cc1nc2ccc(N)c(N)c2nc1Cl. The van der Waals surface area contributed by atoms with E-state index < -0.39 is 0 Å². The van der Waals surface area contributed by atoms with Crippen molar-refractivity contribution >= 4 is 34.0 Å². The van der Waals surface area contributed by atoms with Crippen LogP contribution in [0.15, 0.2) is 12.1 Å². The van der Waals surface area contributed by atoms with Crippen LogP contribution in [-0.4, -0.2) is 9.97 Å². The monoisotopic (exact) mass is 208 g/mol. The first-order valence-electron chi connectivity index (χ1n) is 4.07. The number of hydrogen-bond acceptors (Lipinski definition) is 4. The van der Waals surface area contributed by atoms with Gasteiger partial charge in [0, 0.05) is 0 Å². The van der Waals surface area contributed by atoms with Crippen LogP contribution in [0.4, 0.5) is 11.4 Å². The maximum atomic E-state index is 5.84. The van der Waals surface area contributed by atoms with Crippen LogP contribution < -0.4 is 11.5 Å². The second kappa shape index (κ2) is 2.99. The molecular weight excluding hydrogens is 200 g/mol. The van der Waals surface area contributed by atoms with E-state index in [2.05, 4.69) is 9.97 Å². The summed E-state index contributed by atoms with van der Waals surface area (Å²) >= 11 is 5.84. The number of anilines is 2. The van der Waals surface area contributed by atoms with Crippen molar-refractivity contribution in [1.82, 2.24) is 9.97 Å². The molecule has 0 saturated carbocycles. The second-order valence-corrected chi connectivity index (χ2v) is 3.39. The fourth-order valence-corrected chi connectivity index (χ4v) is 1.35. The van der Waals surface area contributed by atoms with E-state index in [1.807, 2.05) is 0 Å². The van der Waals surface area contributed by atoms with Crippen LogP contribution in [0.1, 0.15) is 5.69 Å². The number of nitrogens with zero attached hydrogens (tertiary/aromatic N) is 2. The van der Waals surface area contributed by atoms with Crippen LogP contribution in [0.2, 0.25) is 5.15 Å². The lowest BCUT2D eigenvalue weighted by Gasteiger charge is -2.05. The molecule has 0 atom stereocenters. The fourth-order valence-electron chi connectivity index (χ4n) is 1.23. The van der Waals surface area contributed by atoms with Gasteiger partial charge in [-0.25, -0.2) is 9.97 Å². The molecule has 0 spiro atoms. The van der Waals surface area contributed by atoms with Gasteiger partial charge in [-0.3, -0.25) is 0 Å². The van der Waals surface area contributed by atoms with E-state index in [9.17, 15) is 0 Å². The van der Waals surface area contributed by atoms with Gasteiger partial charge in [0.2, 0.25) is 0 Å². The van der Waals surface area contributed by atoms with Crippen LogP contribution in [0.5, 0.6) is 0 Å². The van der Waals surface area contributed by atoms with Crippen molar-refractivity contribution in [1.29, 1.82) is 0 Å². The first-order valence-corrected chi connectivity index (χ1v) is 4.45. The molecular formula is C9H9ClN4. The lowest BCUT2D eigenvalue weighted by Crippen LogP contribution is -1.99. The highest BCUT2D eigenvalue weighted by Gasteiger charge is 2.07. The number of aryl methyl sites for hydroxylation is 1. The van der Waals surface area contributed by atoms with Crippen molar-refractivity contribution in [3.05, 3.63) is 23.0 Å². The minimum Gasteiger partial charge on any atom is -0.397 e. The summed E-state index contributed by atoms with van der Waals surface area (Å²) in [7, 11) is 0. The van der Waals surface area contributed by atoms with Crippen molar-refractivity contribution in [2.24, 2.45) is 0 Å². The predicted molar refractivity (Wildman–Crippen MR) is 58.1 cm³/mol.